The number of aromatic nitrogens is 3. The van der Waals surface area contributed by atoms with Gasteiger partial charge in [0.05, 0.1) is 25.5 Å². The summed E-state index contributed by atoms with van der Waals surface area (Å²) in [6.45, 7) is 5.63. The summed E-state index contributed by atoms with van der Waals surface area (Å²) in [4.78, 5) is 27.3. The number of hydrogen-bond acceptors (Lipinski definition) is 8. The Hall–Kier alpha value is -2.00. The molecular weight excluding hydrogens is 366 g/mol. The summed E-state index contributed by atoms with van der Waals surface area (Å²) in [7, 11) is 1.81. The maximum atomic E-state index is 12.9. The third-order valence-corrected chi connectivity index (χ3v) is 6.34. The molecule has 1 amide bonds. The van der Waals surface area contributed by atoms with Gasteiger partial charge in [-0.2, -0.15) is 4.98 Å². The van der Waals surface area contributed by atoms with Crippen LogP contribution in [0.2, 0.25) is 0 Å². The topological polar surface area (TPSA) is 84.6 Å². The van der Waals surface area contributed by atoms with E-state index < -0.39 is 0 Å². The van der Waals surface area contributed by atoms with Crippen LogP contribution in [0.5, 0.6) is 0 Å². The van der Waals surface area contributed by atoms with Crippen molar-refractivity contribution in [2.24, 2.45) is 5.92 Å². The monoisotopic (exact) mass is 391 g/mol. The fraction of sp³-hybridized carbons (Fsp3) is 0.667. The van der Waals surface area contributed by atoms with Crippen molar-refractivity contribution < 1.29 is 14.1 Å². The van der Waals surface area contributed by atoms with Gasteiger partial charge < -0.3 is 19.1 Å². The number of nitrogens with zero attached hydrogens (tertiary/aromatic N) is 5. The van der Waals surface area contributed by atoms with E-state index in [1.165, 1.54) is 4.88 Å². The van der Waals surface area contributed by atoms with E-state index in [1.54, 1.807) is 23.3 Å². The molecule has 1 aliphatic carbocycles. The molecule has 2 aromatic rings. The molecule has 9 heteroatoms. The summed E-state index contributed by atoms with van der Waals surface area (Å²) in [6, 6.07) is 0. The van der Waals surface area contributed by atoms with Crippen molar-refractivity contribution in [3.8, 4) is 0 Å². The first kappa shape index (κ1) is 18.4. The lowest BCUT2D eigenvalue weighted by atomic mass is 9.90. The van der Waals surface area contributed by atoms with Gasteiger partial charge in [0.25, 0.3) is 0 Å². The molecule has 8 nitrogen and oxygen atoms in total. The van der Waals surface area contributed by atoms with Crippen LogP contribution >= 0.6 is 11.3 Å². The van der Waals surface area contributed by atoms with Crippen molar-refractivity contribution in [1.29, 1.82) is 0 Å². The molecule has 1 aliphatic heterocycles. The molecule has 0 N–H and O–H groups in total. The molecule has 2 aliphatic rings. The molecule has 1 unspecified atom stereocenters. The molecule has 2 aromatic heterocycles. The molecule has 1 atom stereocenters. The van der Waals surface area contributed by atoms with E-state index in [-0.39, 0.29) is 11.8 Å². The summed E-state index contributed by atoms with van der Waals surface area (Å²) < 4.78 is 10.5. The average molecular weight is 391 g/mol. The first-order valence-corrected chi connectivity index (χ1v) is 10.3. The molecule has 0 saturated carbocycles. The van der Waals surface area contributed by atoms with Gasteiger partial charge in [-0.25, -0.2) is 4.98 Å². The Morgan fingerprint density at radius 2 is 2.15 bits per heavy atom. The maximum absolute atomic E-state index is 12.9. The number of ether oxygens (including phenoxy) is 1. The van der Waals surface area contributed by atoms with E-state index in [0.29, 0.717) is 31.1 Å². The van der Waals surface area contributed by atoms with E-state index in [2.05, 4.69) is 15.0 Å². The molecule has 0 bridgehead atoms. The number of hydrogen-bond donors (Lipinski definition) is 0. The molecule has 0 radical (unpaired) electrons. The van der Waals surface area contributed by atoms with Crippen LogP contribution < -0.4 is 4.90 Å². The van der Waals surface area contributed by atoms with Crippen molar-refractivity contribution in [2.45, 2.75) is 39.2 Å². The average Bonchev–Trinajstić information content (AvgIpc) is 3.34. The van der Waals surface area contributed by atoms with Crippen LogP contribution in [0.15, 0.2) is 4.52 Å². The minimum atomic E-state index is -0.0281. The van der Waals surface area contributed by atoms with Gasteiger partial charge in [-0.3, -0.25) is 4.79 Å². The van der Waals surface area contributed by atoms with Crippen molar-refractivity contribution >= 4 is 22.4 Å². The Bertz CT molecular complexity index is 799. The van der Waals surface area contributed by atoms with Gasteiger partial charge in [-0.1, -0.05) is 12.1 Å². The number of carbonyl (C=O) groups is 1. The predicted molar refractivity (Wildman–Crippen MR) is 101 cm³/mol. The zero-order valence-electron chi connectivity index (χ0n) is 15.8. The molecule has 146 valence electrons. The smallest absolute Gasteiger partial charge is 0.226 e. The fourth-order valence-corrected chi connectivity index (χ4v) is 4.72. The van der Waals surface area contributed by atoms with Gasteiger partial charge in [0.1, 0.15) is 0 Å². The van der Waals surface area contributed by atoms with Crippen LogP contribution in [0, 0.1) is 5.92 Å². The lowest BCUT2D eigenvalue weighted by Crippen LogP contribution is -2.36. The van der Waals surface area contributed by atoms with E-state index >= 15 is 0 Å². The Labute approximate surface area is 162 Å². The molecule has 1 saturated heterocycles. The van der Waals surface area contributed by atoms with Gasteiger partial charge in [-0.05, 0) is 12.8 Å². The summed E-state index contributed by atoms with van der Waals surface area (Å²) in [5.41, 5.74) is 1.09. The first-order valence-electron chi connectivity index (χ1n) is 9.51. The molecule has 0 aromatic carbocycles. The number of morpholine rings is 1. The van der Waals surface area contributed by atoms with Gasteiger partial charge in [0, 0.05) is 43.8 Å². The molecular formula is C18H25N5O3S. The molecule has 27 heavy (non-hydrogen) atoms. The number of thiazole rings is 1. The van der Waals surface area contributed by atoms with E-state index in [4.69, 9.17) is 14.2 Å². The van der Waals surface area contributed by atoms with E-state index in [1.807, 2.05) is 6.92 Å². The highest BCUT2D eigenvalue weighted by atomic mass is 32.1. The highest BCUT2D eigenvalue weighted by Gasteiger charge is 2.30. The van der Waals surface area contributed by atoms with Gasteiger partial charge >= 0.3 is 0 Å². The zero-order chi connectivity index (χ0) is 18.8. The standard InChI is InChI=1S/C18H25N5O3S/c1-3-16-20-15(21-26-16)11-22(2)17(24)12-4-5-14-13(10-12)19-18(27-14)23-6-8-25-9-7-23/h12H,3-11H2,1-2H3. The van der Waals surface area contributed by atoms with Crippen molar-refractivity contribution in [2.75, 3.05) is 38.3 Å². The van der Waals surface area contributed by atoms with Gasteiger partial charge in [-0.15, -0.1) is 11.3 Å². The Morgan fingerprint density at radius 3 is 2.89 bits per heavy atom. The van der Waals surface area contributed by atoms with E-state index in [0.717, 1.165) is 50.0 Å². The summed E-state index contributed by atoms with van der Waals surface area (Å²) >= 11 is 1.77. The minimum absolute atomic E-state index is 0.0281. The normalized spacial score (nSPS) is 19.8. The number of aryl methyl sites for hydroxylation is 2. The summed E-state index contributed by atoms with van der Waals surface area (Å²) in [6.07, 6.45) is 3.20. The highest BCUT2D eigenvalue weighted by Crippen LogP contribution is 2.34. The first-order chi connectivity index (χ1) is 13.1. The lowest BCUT2D eigenvalue weighted by molar-refractivity contribution is -0.135. The Balaban J connectivity index is 1.39. The SMILES string of the molecule is CCc1nc(CN(C)C(=O)C2CCc3sc(N4CCOCC4)nc3C2)no1. The molecule has 1 fully saturated rings. The number of carbonyl (C=O) groups excluding carboxylic acids is 1. The van der Waals surface area contributed by atoms with Gasteiger partial charge in [0.15, 0.2) is 11.0 Å². The van der Waals surface area contributed by atoms with Crippen LogP contribution in [0.4, 0.5) is 5.13 Å². The second kappa shape index (κ2) is 7.93. The third kappa shape index (κ3) is 3.98. The second-order valence-electron chi connectivity index (χ2n) is 7.06. The predicted octanol–water partition coefficient (Wildman–Crippen LogP) is 1.69. The molecule has 3 heterocycles. The summed E-state index contributed by atoms with van der Waals surface area (Å²) in [5, 5.41) is 5.01. The second-order valence-corrected chi connectivity index (χ2v) is 8.12. The zero-order valence-corrected chi connectivity index (χ0v) is 16.6. The molecule has 0 spiro atoms. The number of fused-ring (bicyclic) bond motifs is 1. The van der Waals surface area contributed by atoms with Crippen LogP contribution in [-0.4, -0.2) is 59.3 Å². The molecule has 4 rings (SSSR count). The Morgan fingerprint density at radius 1 is 1.33 bits per heavy atom. The van der Waals surface area contributed by atoms with Crippen molar-refractivity contribution in [1.82, 2.24) is 20.0 Å². The Kier molecular flexibility index (Phi) is 5.40. The van der Waals surface area contributed by atoms with Crippen molar-refractivity contribution in [3.05, 3.63) is 22.3 Å². The maximum Gasteiger partial charge on any atom is 0.226 e. The van der Waals surface area contributed by atoms with E-state index in [9.17, 15) is 4.79 Å². The fourth-order valence-electron chi connectivity index (χ4n) is 3.57. The lowest BCUT2D eigenvalue weighted by Gasteiger charge is -2.26. The summed E-state index contributed by atoms with van der Waals surface area (Å²) in [5.74, 6) is 1.26. The highest BCUT2D eigenvalue weighted by molar-refractivity contribution is 7.15. The van der Waals surface area contributed by atoms with Crippen LogP contribution in [-0.2, 0) is 35.3 Å². The van der Waals surface area contributed by atoms with Crippen molar-refractivity contribution in [3.63, 3.8) is 0 Å². The quantitative estimate of drug-likeness (QED) is 0.767. The third-order valence-electron chi connectivity index (χ3n) is 5.12. The number of anilines is 1. The number of amides is 1. The van der Waals surface area contributed by atoms with Crippen LogP contribution in [0.25, 0.3) is 0 Å². The van der Waals surface area contributed by atoms with Crippen LogP contribution in [0.1, 0.15) is 35.6 Å². The van der Waals surface area contributed by atoms with Gasteiger partial charge in [0.2, 0.25) is 11.8 Å². The van der Waals surface area contributed by atoms with Crippen LogP contribution in [0.3, 0.4) is 0 Å². The number of rotatable bonds is 5. The largest absolute Gasteiger partial charge is 0.378 e. The minimum Gasteiger partial charge on any atom is -0.378 e.